The van der Waals surface area contributed by atoms with Crippen molar-refractivity contribution < 1.29 is 9.47 Å². The second kappa shape index (κ2) is 32.4. The lowest BCUT2D eigenvalue weighted by Gasteiger charge is -2.34. The number of likely N-dealkylation sites (N-methyl/N-ethyl adjacent to an activating group) is 1. The summed E-state index contributed by atoms with van der Waals surface area (Å²) >= 11 is 1.53. The molecule has 2 aliphatic heterocycles. The van der Waals surface area contributed by atoms with E-state index >= 15 is 0 Å². The van der Waals surface area contributed by atoms with Crippen molar-refractivity contribution in [1.82, 2.24) is 99.1 Å². The number of thiazole rings is 1. The van der Waals surface area contributed by atoms with Gasteiger partial charge in [0.15, 0.2) is 23.1 Å². The third kappa shape index (κ3) is 16.8. The Hall–Kier alpha value is -13.2. The monoisotopic (exact) mass is 1420 g/mol. The van der Waals surface area contributed by atoms with E-state index in [4.69, 9.17) is 32.4 Å². The summed E-state index contributed by atoms with van der Waals surface area (Å²) in [6.07, 6.45) is 10.4. The molecule has 16 rings (SSSR count). The number of hydrogen-bond donors (Lipinski definition) is 9. The molecule has 0 spiro atoms. The first-order valence-corrected chi connectivity index (χ1v) is 34.4. The Balaban J connectivity index is 0.000000124. The molecule has 0 atom stereocenters. The van der Waals surface area contributed by atoms with Gasteiger partial charge < -0.3 is 73.3 Å². The lowest BCUT2D eigenvalue weighted by molar-refractivity contribution is 0.313. The number of aromatic amines is 1. The molecule has 2 aliphatic rings. The van der Waals surface area contributed by atoms with E-state index in [0.717, 1.165) is 102 Å². The van der Waals surface area contributed by atoms with Gasteiger partial charge in [-0.15, -0.1) is 20.4 Å². The number of nitrogens with two attached hydrogens (primary N) is 4. The highest BCUT2D eigenvalue weighted by molar-refractivity contribution is 7.20. The van der Waals surface area contributed by atoms with Crippen LogP contribution in [-0.4, -0.2) is 173 Å². The van der Waals surface area contributed by atoms with E-state index in [2.05, 4.69) is 161 Å². The molecular weight excluding hydrogens is 1340 g/mol. The van der Waals surface area contributed by atoms with Crippen LogP contribution < -0.4 is 68.4 Å². The van der Waals surface area contributed by atoms with Crippen LogP contribution in [-0.2, 0) is 0 Å². The van der Waals surface area contributed by atoms with Gasteiger partial charge in [-0.1, -0.05) is 35.6 Å². The van der Waals surface area contributed by atoms with E-state index < -0.39 is 0 Å². The van der Waals surface area contributed by atoms with Crippen LogP contribution >= 0.6 is 11.3 Å². The maximum absolute atomic E-state index is 6.07. The largest absolute Gasteiger partial charge is 0.493 e. The number of benzene rings is 5. The van der Waals surface area contributed by atoms with E-state index in [0.29, 0.717) is 69.9 Å². The average molecular weight is 1420 g/mol. The first kappa shape index (κ1) is 69.2. The molecule has 0 unspecified atom stereocenters. The van der Waals surface area contributed by atoms with Crippen LogP contribution in [0.3, 0.4) is 0 Å². The molecule has 532 valence electrons. The fourth-order valence-corrected chi connectivity index (χ4v) is 12.3. The molecule has 5 aromatic carbocycles. The second-order valence-electron chi connectivity index (χ2n) is 23.7. The SMILES string of the molecule is CCN(CC)c1ccc(Nc2nc(N)n(-c3nc4ccccc4s3)n2)cc1.CN1CCN(c2ccc(Nc3nc(N)n(-c4ccccn4)n3)cc2)CC1.COc1ccc(Nc2nc(N)n(-c3nccc(N4CCCCC4)n3)n2)cc1OC.Nc1nc(Nc2ccc3[nH]ncc3c2)nn1-c1ccccn1. The zero-order chi connectivity index (χ0) is 71.9. The standard InChI is InChI=1S/C19H24N8O2.C19H21N7S.C18H22N8.C14H12N8/c1-28-14-7-6-13(12-15(14)29-2)22-18-24-17(20)27(25-18)19-21-9-8-16(23-19)26-10-4-3-5-11-26;1-3-25(4-2)14-11-9-13(10-12-14)21-18-23-17(20)26(24-18)19-22-15-7-5-6-8-16(15)27-19;1-24-10-12-25(13-11-24)15-7-5-14(6-8-15)21-18-22-17(19)26(23-18)16-4-2-3-9-20-16;15-13-19-14(21-22(13)12-3-1-2-6-16-12)18-10-4-5-11-9(7-10)8-17-20-11/h6-9,12H,3-5,10-11H2,1-2H3,(H3,20,22,24,25);5-12H,3-4H2,1-2H3,(H3,20,21,23,24);2-9H,10-13H2,1H3,(H3,19,21,22,23);1-8H,(H,17,20)(H3,15,18,19,21). The van der Waals surface area contributed by atoms with Gasteiger partial charge in [-0.3, -0.25) is 5.10 Å². The number of methoxy groups -OCH3 is 2. The number of ether oxygens (including phenoxy) is 2. The second-order valence-corrected chi connectivity index (χ2v) is 24.7. The van der Waals surface area contributed by atoms with Gasteiger partial charge in [-0.2, -0.15) is 48.7 Å². The van der Waals surface area contributed by atoms with Gasteiger partial charge in [0.05, 0.1) is 36.1 Å². The van der Waals surface area contributed by atoms with Crippen molar-refractivity contribution in [3.05, 3.63) is 176 Å². The van der Waals surface area contributed by atoms with Gasteiger partial charge in [-0.25, -0.2) is 19.9 Å². The molecule has 104 heavy (non-hydrogen) atoms. The number of rotatable bonds is 19. The molecule has 14 aromatic rings. The number of nitrogens with one attached hydrogen (secondary N) is 5. The number of para-hydroxylation sites is 1. The maximum atomic E-state index is 6.07. The molecular formula is C70H79N31O2S. The van der Waals surface area contributed by atoms with E-state index in [-0.39, 0.29) is 11.9 Å². The van der Waals surface area contributed by atoms with Crippen molar-refractivity contribution >= 4 is 120 Å². The normalized spacial score (nSPS) is 12.9. The predicted molar refractivity (Wildman–Crippen MR) is 408 cm³/mol. The summed E-state index contributed by atoms with van der Waals surface area (Å²) in [6, 6.07) is 48.7. The zero-order valence-electron chi connectivity index (χ0n) is 57.9. The number of pyridine rings is 2. The predicted octanol–water partition coefficient (Wildman–Crippen LogP) is 10.0. The smallest absolute Gasteiger partial charge is 0.255 e. The number of fused-ring (bicyclic) bond motifs is 2. The number of nitrogens with zero attached hydrogens (tertiary/aromatic N) is 22. The number of H-pyrrole nitrogens is 1. The number of nitrogen functional groups attached to an aromatic ring is 4. The molecule has 33 nitrogen and oxygen atoms in total. The molecule has 11 heterocycles. The molecule has 0 saturated carbocycles. The fourth-order valence-electron chi connectivity index (χ4n) is 11.4. The molecule has 0 aliphatic carbocycles. The van der Waals surface area contributed by atoms with Crippen LogP contribution in [0, 0.1) is 0 Å². The number of aromatic nitrogens is 19. The van der Waals surface area contributed by atoms with Crippen LogP contribution in [0.1, 0.15) is 33.1 Å². The maximum Gasteiger partial charge on any atom is 0.255 e. The minimum absolute atomic E-state index is 0.198. The molecule has 2 fully saturated rings. The molecule has 0 radical (unpaired) electrons. The van der Waals surface area contributed by atoms with Crippen LogP contribution in [0.25, 0.3) is 43.8 Å². The first-order chi connectivity index (χ1) is 50.8. The molecule has 2 saturated heterocycles. The highest BCUT2D eigenvalue weighted by atomic mass is 32.1. The molecule has 0 amide bonds. The van der Waals surface area contributed by atoms with Gasteiger partial charge in [-0.05, 0) is 161 Å². The summed E-state index contributed by atoms with van der Waals surface area (Å²) in [6.45, 7) is 12.5. The number of hydrogen-bond acceptors (Lipinski definition) is 29. The van der Waals surface area contributed by atoms with E-state index in [1.54, 1.807) is 55.8 Å². The number of piperidine rings is 1. The Morgan fingerprint density at radius 1 is 0.481 bits per heavy atom. The van der Waals surface area contributed by atoms with Crippen molar-refractivity contribution in [2.75, 3.05) is 133 Å². The Morgan fingerprint density at radius 3 is 1.62 bits per heavy atom. The zero-order valence-corrected chi connectivity index (χ0v) is 58.7. The summed E-state index contributed by atoms with van der Waals surface area (Å²) < 4.78 is 17.7. The minimum atomic E-state index is 0.198. The van der Waals surface area contributed by atoms with Crippen molar-refractivity contribution in [3.8, 4) is 34.2 Å². The fraction of sp³-hybridized carbons (Fsp3) is 0.229. The third-order valence-corrected chi connectivity index (χ3v) is 17.8. The molecule has 9 aromatic heterocycles. The Kier molecular flexibility index (Phi) is 21.6. The summed E-state index contributed by atoms with van der Waals surface area (Å²) in [5.41, 5.74) is 31.7. The Morgan fingerprint density at radius 2 is 1.02 bits per heavy atom. The van der Waals surface area contributed by atoms with Crippen LogP contribution in [0.15, 0.2) is 176 Å². The van der Waals surface area contributed by atoms with Crippen LogP contribution in [0.2, 0.25) is 0 Å². The van der Waals surface area contributed by atoms with E-state index in [1.165, 1.54) is 56.0 Å². The van der Waals surface area contributed by atoms with Crippen molar-refractivity contribution in [2.45, 2.75) is 33.1 Å². The van der Waals surface area contributed by atoms with E-state index in [9.17, 15) is 0 Å². The first-order valence-electron chi connectivity index (χ1n) is 33.6. The van der Waals surface area contributed by atoms with Crippen molar-refractivity contribution in [3.63, 3.8) is 0 Å². The highest BCUT2D eigenvalue weighted by Crippen LogP contribution is 2.32. The Bertz CT molecular complexity index is 5050. The average Bonchev–Trinajstić information content (AvgIpc) is 1.66. The third-order valence-electron chi connectivity index (χ3n) is 16.8. The topological polar surface area (TPSA) is 400 Å². The molecule has 34 heteroatoms. The quantitative estimate of drug-likeness (QED) is 0.0363. The number of piperazine rings is 1. The summed E-state index contributed by atoms with van der Waals surface area (Å²) in [5.74, 6) is 6.45. The minimum Gasteiger partial charge on any atom is -0.493 e. The Labute approximate surface area is 602 Å². The van der Waals surface area contributed by atoms with Gasteiger partial charge >= 0.3 is 0 Å². The highest BCUT2D eigenvalue weighted by Gasteiger charge is 2.20. The molecule has 13 N–H and O–H groups in total. The van der Waals surface area contributed by atoms with Gasteiger partial charge in [0, 0.05) is 117 Å². The lowest BCUT2D eigenvalue weighted by Crippen LogP contribution is -2.44. The van der Waals surface area contributed by atoms with Crippen molar-refractivity contribution in [2.24, 2.45) is 0 Å². The van der Waals surface area contributed by atoms with E-state index in [1.807, 2.05) is 115 Å². The van der Waals surface area contributed by atoms with Crippen LogP contribution in [0.4, 0.5) is 87.5 Å². The summed E-state index contributed by atoms with van der Waals surface area (Å²) in [5, 5.41) is 38.8. The van der Waals surface area contributed by atoms with Gasteiger partial charge in [0.1, 0.15) is 5.82 Å². The summed E-state index contributed by atoms with van der Waals surface area (Å²) in [4.78, 5) is 48.3. The number of anilines is 15. The van der Waals surface area contributed by atoms with Crippen molar-refractivity contribution in [1.29, 1.82) is 0 Å². The van der Waals surface area contributed by atoms with Gasteiger partial charge in [0.25, 0.3) is 5.95 Å². The molecule has 0 bridgehead atoms. The van der Waals surface area contributed by atoms with Gasteiger partial charge in [0.2, 0.25) is 52.7 Å². The summed E-state index contributed by atoms with van der Waals surface area (Å²) in [7, 11) is 5.33. The van der Waals surface area contributed by atoms with Crippen LogP contribution in [0.5, 0.6) is 11.5 Å². The lowest BCUT2D eigenvalue weighted by atomic mass is 10.1.